The minimum absolute atomic E-state index is 0.0961. The van der Waals surface area contributed by atoms with Crippen LogP contribution >= 0.6 is 11.6 Å². The molecule has 9 heavy (non-hydrogen) atoms. The zero-order valence-corrected chi connectivity index (χ0v) is 6.28. The summed E-state index contributed by atoms with van der Waals surface area (Å²) in [6.45, 7) is 0.476. The lowest BCUT2D eigenvalue weighted by molar-refractivity contribution is 0.127. The largest absolute Gasteiger partial charge is 0.304 e. The minimum atomic E-state index is -1.55. The van der Waals surface area contributed by atoms with Crippen LogP contribution < -0.4 is 0 Å². The number of hydrogen-bond donors (Lipinski definition) is 0. The fraction of sp³-hybridized carbons (Fsp3) is 1.00. The summed E-state index contributed by atoms with van der Waals surface area (Å²) in [5.74, 6) is 0.384. The molecule has 5 heteroatoms. The van der Waals surface area contributed by atoms with Gasteiger partial charge in [-0.15, -0.1) is 11.6 Å². The zero-order chi connectivity index (χ0) is 6.69. The van der Waals surface area contributed by atoms with Gasteiger partial charge in [0.05, 0.1) is 18.6 Å². The molecule has 0 bridgehead atoms. The average molecular weight is 171 g/mol. The molecule has 0 spiro atoms. The van der Waals surface area contributed by atoms with Gasteiger partial charge in [0.2, 0.25) is 0 Å². The molecule has 2 atom stereocenters. The third-order valence-electron chi connectivity index (χ3n) is 1.01. The van der Waals surface area contributed by atoms with Crippen LogP contribution in [0, 0.1) is 0 Å². The predicted molar refractivity (Wildman–Crippen MR) is 34.3 cm³/mol. The lowest BCUT2D eigenvalue weighted by Gasteiger charge is -2.17. The van der Waals surface area contributed by atoms with Gasteiger partial charge in [0.15, 0.2) is 0 Å². The fourth-order valence-corrected chi connectivity index (χ4v) is 1.50. The molecular formula is C4H7ClO3S. The topological polar surface area (TPSA) is 35.5 Å². The highest BCUT2D eigenvalue weighted by molar-refractivity contribution is 7.75. The van der Waals surface area contributed by atoms with Crippen molar-refractivity contribution in [2.24, 2.45) is 0 Å². The molecule has 1 heterocycles. The highest BCUT2D eigenvalue weighted by atomic mass is 35.5. The van der Waals surface area contributed by atoms with Crippen LogP contribution in [0.4, 0.5) is 0 Å². The molecule has 1 saturated heterocycles. The summed E-state index contributed by atoms with van der Waals surface area (Å²) in [5.41, 5.74) is 0. The lowest BCUT2D eigenvalue weighted by atomic mass is 10.3. The van der Waals surface area contributed by atoms with E-state index in [1.807, 2.05) is 0 Å². The highest BCUT2D eigenvalue weighted by Gasteiger charge is 2.18. The van der Waals surface area contributed by atoms with Gasteiger partial charge in [-0.2, -0.15) is 4.21 Å². The Labute approximate surface area is 61.2 Å². The Morgan fingerprint density at radius 3 is 3.00 bits per heavy atom. The van der Waals surface area contributed by atoms with Crippen LogP contribution in [0.25, 0.3) is 0 Å². The summed E-state index contributed by atoms with van der Waals surface area (Å²) in [5, 5.41) is 0. The first kappa shape index (κ1) is 7.47. The van der Waals surface area contributed by atoms with E-state index in [0.717, 1.165) is 6.42 Å². The van der Waals surface area contributed by atoms with E-state index in [2.05, 4.69) is 4.18 Å². The van der Waals surface area contributed by atoms with Crippen LogP contribution in [0.5, 0.6) is 0 Å². The van der Waals surface area contributed by atoms with Crippen LogP contribution in [-0.4, -0.2) is 22.8 Å². The maximum atomic E-state index is 10.4. The van der Waals surface area contributed by atoms with E-state index in [1.54, 1.807) is 0 Å². The Bertz CT molecular complexity index is 118. The molecule has 0 radical (unpaired) electrons. The molecule has 0 aromatic rings. The fourth-order valence-electron chi connectivity index (χ4n) is 0.537. The summed E-state index contributed by atoms with van der Waals surface area (Å²) >= 11 is 3.88. The number of halogens is 1. The van der Waals surface area contributed by atoms with Crippen LogP contribution in [-0.2, 0) is 19.7 Å². The molecule has 1 aliphatic heterocycles. The number of hydrogen-bond acceptors (Lipinski definition) is 3. The Hall–Kier alpha value is 0.360. The van der Waals surface area contributed by atoms with Crippen LogP contribution in [0.1, 0.15) is 6.42 Å². The van der Waals surface area contributed by atoms with Gasteiger partial charge < -0.3 is 0 Å². The molecule has 0 N–H and O–H groups in total. The number of rotatable bonds is 1. The molecule has 1 fully saturated rings. The van der Waals surface area contributed by atoms with Gasteiger partial charge in [-0.3, -0.25) is 8.37 Å². The predicted octanol–water partition coefficient (Wildman–Crippen LogP) is 0.609. The number of alkyl halides is 1. The average Bonchev–Trinajstić information content (AvgIpc) is 1.88. The van der Waals surface area contributed by atoms with E-state index in [4.69, 9.17) is 15.8 Å². The molecule has 1 aliphatic rings. The third kappa shape index (κ3) is 2.21. The van der Waals surface area contributed by atoms with Crippen molar-refractivity contribution in [3.63, 3.8) is 0 Å². The second-order valence-corrected chi connectivity index (χ2v) is 2.83. The van der Waals surface area contributed by atoms with E-state index in [9.17, 15) is 4.21 Å². The smallest absolute Gasteiger partial charge is 0.268 e. The second kappa shape index (κ2) is 3.51. The van der Waals surface area contributed by atoms with Gasteiger partial charge in [-0.25, -0.2) is 0 Å². The Morgan fingerprint density at radius 1 is 1.78 bits per heavy atom. The summed E-state index contributed by atoms with van der Waals surface area (Å²) in [6.07, 6.45) is 0.635. The van der Waals surface area contributed by atoms with Gasteiger partial charge in [-0.1, -0.05) is 0 Å². The molecule has 1 rings (SSSR count). The van der Waals surface area contributed by atoms with E-state index in [0.29, 0.717) is 12.5 Å². The molecule has 54 valence electrons. The van der Waals surface area contributed by atoms with Gasteiger partial charge in [0, 0.05) is 6.42 Å². The van der Waals surface area contributed by atoms with Crippen molar-refractivity contribution in [2.75, 3.05) is 12.5 Å². The summed E-state index contributed by atoms with van der Waals surface area (Å²) < 4.78 is 19.8. The van der Waals surface area contributed by atoms with E-state index in [-0.39, 0.29) is 6.10 Å². The zero-order valence-electron chi connectivity index (χ0n) is 4.71. The SMILES string of the molecule is O=[S@@]1OCC[C@@H](CCl)O1. The quantitative estimate of drug-likeness (QED) is 0.541. The van der Waals surface area contributed by atoms with Gasteiger partial charge in [0.25, 0.3) is 0 Å². The van der Waals surface area contributed by atoms with E-state index < -0.39 is 11.4 Å². The lowest BCUT2D eigenvalue weighted by Crippen LogP contribution is -2.25. The first-order valence-electron chi connectivity index (χ1n) is 2.61. The van der Waals surface area contributed by atoms with E-state index in [1.165, 1.54) is 0 Å². The molecular weight excluding hydrogens is 164 g/mol. The Balaban J connectivity index is 2.32. The van der Waals surface area contributed by atoms with Crippen molar-refractivity contribution >= 4 is 23.0 Å². The van der Waals surface area contributed by atoms with Crippen LogP contribution in [0.2, 0.25) is 0 Å². The van der Waals surface area contributed by atoms with Gasteiger partial charge in [-0.05, 0) is 0 Å². The highest BCUT2D eigenvalue weighted by Crippen LogP contribution is 2.10. The molecule has 0 aromatic carbocycles. The maximum Gasteiger partial charge on any atom is 0.304 e. The summed E-state index contributed by atoms with van der Waals surface area (Å²) in [6, 6.07) is 0. The molecule has 0 amide bonds. The van der Waals surface area contributed by atoms with Crippen molar-refractivity contribution in [1.82, 2.24) is 0 Å². The molecule has 3 nitrogen and oxygen atoms in total. The Kier molecular flexibility index (Phi) is 2.91. The molecule has 0 aromatic heterocycles. The second-order valence-electron chi connectivity index (χ2n) is 1.69. The van der Waals surface area contributed by atoms with Crippen molar-refractivity contribution in [1.29, 1.82) is 0 Å². The van der Waals surface area contributed by atoms with E-state index >= 15 is 0 Å². The molecule has 0 aliphatic carbocycles. The summed E-state index contributed by atoms with van der Waals surface area (Å²) in [4.78, 5) is 0. The maximum absolute atomic E-state index is 10.4. The first-order chi connectivity index (χ1) is 4.33. The Morgan fingerprint density at radius 2 is 2.56 bits per heavy atom. The van der Waals surface area contributed by atoms with Crippen molar-refractivity contribution in [3.8, 4) is 0 Å². The van der Waals surface area contributed by atoms with Gasteiger partial charge >= 0.3 is 11.4 Å². The first-order valence-corrected chi connectivity index (χ1v) is 4.14. The standard InChI is InChI=1S/C4H7ClO3S/c5-3-4-1-2-7-9(6)8-4/h4H,1-3H2/t4-,9+/m0/s1. The third-order valence-corrected chi connectivity index (χ3v) is 2.14. The van der Waals surface area contributed by atoms with Crippen molar-refractivity contribution < 1.29 is 12.6 Å². The minimum Gasteiger partial charge on any atom is -0.268 e. The van der Waals surface area contributed by atoms with Crippen LogP contribution in [0.3, 0.4) is 0 Å². The van der Waals surface area contributed by atoms with Crippen molar-refractivity contribution in [2.45, 2.75) is 12.5 Å². The monoisotopic (exact) mass is 170 g/mol. The molecule has 0 unspecified atom stereocenters. The van der Waals surface area contributed by atoms with Crippen LogP contribution in [0.15, 0.2) is 0 Å². The molecule has 0 saturated carbocycles. The normalized spacial score (nSPS) is 36.6. The summed E-state index contributed by atoms with van der Waals surface area (Å²) in [7, 11) is 0. The van der Waals surface area contributed by atoms with Crippen molar-refractivity contribution in [3.05, 3.63) is 0 Å². The van der Waals surface area contributed by atoms with Gasteiger partial charge in [0.1, 0.15) is 0 Å².